The maximum absolute atomic E-state index is 14.8. The lowest BCUT2D eigenvalue weighted by Gasteiger charge is -2.43. The van der Waals surface area contributed by atoms with Crippen LogP contribution in [0.2, 0.25) is 0 Å². The van der Waals surface area contributed by atoms with Crippen molar-refractivity contribution in [1.82, 2.24) is 9.47 Å². The Morgan fingerprint density at radius 1 is 1.28 bits per heavy atom. The lowest BCUT2D eigenvalue weighted by atomic mass is 9.69. The van der Waals surface area contributed by atoms with Gasteiger partial charge in [-0.15, -0.1) is 0 Å². The van der Waals surface area contributed by atoms with Crippen molar-refractivity contribution in [1.29, 1.82) is 0 Å². The van der Waals surface area contributed by atoms with Gasteiger partial charge in [-0.25, -0.2) is 13.8 Å². The van der Waals surface area contributed by atoms with Crippen LogP contribution in [0.4, 0.5) is 14.6 Å². The number of aromatic nitrogens is 1. The average molecular weight is 402 g/mol. The number of aryl methyl sites for hydroxylation is 2. The first-order valence-electron chi connectivity index (χ1n) is 10.0. The Morgan fingerprint density at radius 3 is 2.55 bits per heavy atom. The first-order chi connectivity index (χ1) is 13.9. The Labute approximate surface area is 170 Å². The van der Waals surface area contributed by atoms with Crippen molar-refractivity contribution in [3.05, 3.63) is 52.7 Å². The summed E-state index contributed by atoms with van der Waals surface area (Å²) < 4.78 is 30.3. The predicted molar refractivity (Wildman–Crippen MR) is 111 cm³/mol. The number of nitrogens with zero attached hydrogens (tertiary/aromatic N) is 3. The van der Waals surface area contributed by atoms with Gasteiger partial charge >= 0.3 is 0 Å². The molecule has 1 aromatic heterocycles. The molecule has 1 aromatic carbocycles. The maximum atomic E-state index is 14.8. The van der Waals surface area contributed by atoms with Gasteiger partial charge in [0, 0.05) is 37.8 Å². The molecular formula is C22H28F2N4O. The minimum atomic E-state index is -0.543. The monoisotopic (exact) mass is 402 g/mol. The fraction of sp³-hybridized carbons (Fsp3) is 0.455. The van der Waals surface area contributed by atoms with E-state index in [2.05, 4.69) is 4.99 Å². The highest BCUT2D eigenvalue weighted by Gasteiger charge is 2.39. The number of halogens is 2. The van der Waals surface area contributed by atoms with Gasteiger partial charge in [-0.05, 0) is 48.9 Å². The van der Waals surface area contributed by atoms with Crippen molar-refractivity contribution in [2.75, 3.05) is 13.1 Å². The number of benzene rings is 1. The summed E-state index contributed by atoms with van der Waals surface area (Å²) >= 11 is 0. The largest absolute Gasteiger partial charge is 0.390 e. The predicted octanol–water partition coefficient (Wildman–Crippen LogP) is 4.07. The molecule has 1 fully saturated rings. The third-order valence-corrected chi connectivity index (χ3v) is 6.20. The number of rotatable bonds is 5. The fourth-order valence-electron chi connectivity index (χ4n) is 4.51. The first-order valence-corrected chi connectivity index (χ1v) is 10.0. The Kier molecular flexibility index (Phi) is 6.05. The number of hydrogen-bond acceptors (Lipinski definition) is 2. The van der Waals surface area contributed by atoms with Crippen LogP contribution in [0.3, 0.4) is 0 Å². The van der Waals surface area contributed by atoms with Gasteiger partial charge in [-0.1, -0.05) is 13.8 Å². The minimum Gasteiger partial charge on any atom is -0.390 e. The second kappa shape index (κ2) is 8.35. The second-order valence-corrected chi connectivity index (χ2v) is 7.64. The van der Waals surface area contributed by atoms with Gasteiger partial charge in [0.15, 0.2) is 0 Å². The molecule has 3 rings (SSSR count). The molecule has 1 amide bonds. The summed E-state index contributed by atoms with van der Waals surface area (Å²) in [6, 6.07) is 4.15. The third kappa shape index (κ3) is 3.78. The van der Waals surface area contributed by atoms with E-state index < -0.39 is 17.0 Å². The van der Waals surface area contributed by atoms with Gasteiger partial charge in [-0.2, -0.15) is 0 Å². The smallest absolute Gasteiger partial charge is 0.257 e. The number of nitrogens with two attached hydrogens (primary N) is 1. The quantitative estimate of drug-likeness (QED) is 0.605. The summed E-state index contributed by atoms with van der Waals surface area (Å²) in [5.74, 6) is -0.612. The van der Waals surface area contributed by atoms with Gasteiger partial charge in [0.1, 0.15) is 17.5 Å². The molecule has 0 radical (unpaired) electrons. The molecule has 7 heteroatoms. The van der Waals surface area contributed by atoms with Crippen LogP contribution in [0.1, 0.15) is 54.6 Å². The number of carbonyl (C=O) groups excluding carboxylic acids is 1. The van der Waals surface area contributed by atoms with Crippen molar-refractivity contribution in [2.45, 2.75) is 44.9 Å². The summed E-state index contributed by atoms with van der Waals surface area (Å²) in [5.41, 5.74) is 6.85. The summed E-state index contributed by atoms with van der Waals surface area (Å²) in [4.78, 5) is 18.9. The van der Waals surface area contributed by atoms with Crippen LogP contribution in [-0.2, 0) is 18.9 Å². The Bertz CT molecular complexity index is 927. The Morgan fingerprint density at radius 2 is 1.97 bits per heavy atom. The molecule has 1 aliphatic rings. The van der Waals surface area contributed by atoms with Crippen molar-refractivity contribution < 1.29 is 13.6 Å². The van der Waals surface area contributed by atoms with E-state index in [1.54, 1.807) is 28.8 Å². The average Bonchev–Trinajstić information content (AvgIpc) is 3.07. The molecule has 2 aromatic rings. The van der Waals surface area contributed by atoms with Crippen LogP contribution >= 0.6 is 0 Å². The van der Waals surface area contributed by atoms with Crippen molar-refractivity contribution in [2.24, 2.45) is 17.8 Å². The number of carbonyl (C=O) groups is 1. The van der Waals surface area contributed by atoms with Gasteiger partial charge in [0.05, 0.1) is 11.9 Å². The van der Waals surface area contributed by atoms with E-state index in [0.717, 1.165) is 12.5 Å². The summed E-state index contributed by atoms with van der Waals surface area (Å²) in [7, 11) is 1.81. The SMILES string of the molecule is CCc1cc(F)cc(F)c1C1(CC)CCN(C(=O)c2ccn(C)c2N=CN)CC1. The zero-order chi connectivity index (χ0) is 21.2. The van der Waals surface area contributed by atoms with Crippen LogP contribution in [0.25, 0.3) is 0 Å². The van der Waals surface area contributed by atoms with Gasteiger partial charge in [0.25, 0.3) is 5.91 Å². The van der Waals surface area contributed by atoms with Crippen LogP contribution < -0.4 is 5.73 Å². The minimum absolute atomic E-state index is 0.105. The molecule has 2 N–H and O–H groups in total. The fourth-order valence-corrected chi connectivity index (χ4v) is 4.51. The normalized spacial score (nSPS) is 16.5. The molecule has 1 saturated heterocycles. The second-order valence-electron chi connectivity index (χ2n) is 7.64. The molecule has 29 heavy (non-hydrogen) atoms. The topological polar surface area (TPSA) is 63.6 Å². The number of likely N-dealkylation sites (tertiary alicyclic amines) is 1. The lowest BCUT2D eigenvalue weighted by molar-refractivity contribution is 0.0660. The maximum Gasteiger partial charge on any atom is 0.257 e. The van der Waals surface area contributed by atoms with E-state index in [0.29, 0.717) is 54.9 Å². The van der Waals surface area contributed by atoms with Gasteiger partial charge < -0.3 is 15.2 Å². The summed E-state index contributed by atoms with van der Waals surface area (Å²) in [6.07, 6.45) is 5.52. The molecule has 0 unspecified atom stereocenters. The van der Waals surface area contributed by atoms with Crippen molar-refractivity contribution in [3.8, 4) is 0 Å². The molecule has 0 atom stereocenters. The number of amides is 1. The Balaban J connectivity index is 1.86. The van der Waals surface area contributed by atoms with Gasteiger partial charge in [-0.3, -0.25) is 4.79 Å². The van der Waals surface area contributed by atoms with Crippen molar-refractivity contribution >= 4 is 18.1 Å². The number of piperidine rings is 1. The van der Waals surface area contributed by atoms with E-state index in [4.69, 9.17) is 5.73 Å². The van der Waals surface area contributed by atoms with Gasteiger partial charge in [0.2, 0.25) is 0 Å². The number of hydrogen-bond donors (Lipinski definition) is 1. The molecule has 0 bridgehead atoms. The van der Waals surface area contributed by atoms with E-state index in [-0.39, 0.29) is 5.91 Å². The molecule has 5 nitrogen and oxygen atoms in total. The summed E-state index contributed by atoms with van der Waals surface area (Å²) in [5, 5.41) is 0. The highest BCUT2D eigenvalue weighted by atomic mass is 19.1. The lowest BCUT2D eigenvalue weighted by Crippen LogP contribution is -2.45. The molecule has 156 valence electrons. The molecule has 0 aliphatic carbocycles. The van der Waals surface area contributed by atoms with E-state index >= 15 is 0 Å². The van der Waals surface area contributed by atoms with Crippen LogP contribution in [-0.4, -0.2) is 34.8 Å². The Hall–Kier alpha value is -2.70. The molecule has 0 spiro atoms. The van der Waals surface area contributed by atoms with E-state index in [1.165, 1.54) is 12.4 Å². The molecular weight excluding hydrogens is 374 g/mol. The highest BCUT2D eigenvalue weighted by Crippen LogP contribution is 2.42. The standard InChI is InChI=1S/C22H28F2N4O/c1-4-15-12-16(23)13-18(24)19(15)22(5-2)7-10-28(11-8-22)21(29)17-6-9-27(3)20(17)26-14-25/h6,9,12-14H,4-5,7-8,10-11H2,1-3H3,(H2,25,26). The molecule has 0 saturated carbocycles. The van der Waals surface area contributed by atoms with E-state index in [9.17, 15) is 13.6 Å². The van der Waals surface area contributed by atoms with Crippen LogP contribution in [0, 0.1) is 11.6 Å². The zero-order valence-electron chi connectivity index (χ0n) is 17.2. The summed E-state index contributed by atoms with van der Waals surface area (Å²) in [6.45, 7) is 4.96. The van der Waals surface area contributed by atoms with E-state index in [1.807, 2.05) is 13.8 Å². The molecule has 1 aliphatic heterocycles. The zero-order valence-corrected chi connectivity index (χ0v) is 17.2. The third-order valence-electron chi connectivity index (χ3n) is 6.20. The van der Waals surface area contributed by atoms with Crippen LogP contribution in [0.5, 0.6) is 0 Å². The molecule has 2 heterocycles. The van der Waals surface area contributed by atoms with Crippen LogP contribution in [0.15, 0.2) is 29.4 Å². The van der Waals surface area contributed by atoms with Crippen molar-refractivity contribution in [3.63, 3.8) is 0 Å². The highest BCUT2D eigenvalue weighted by molar-refractivity contribution is 5.99. The first kappa shape index (κ1) is 21.0. The number of aliphatic imine (C=N–C) groups is 1.